The number of ether oxygens (including phenoxy) is 2. The molecule has 1 heterocycles. The minimum Gasteiger partial charge on any atom is -0.345 e. The predicted octanol–water partition coefficient (Wildman–Crippen LogP) is 3.89. The van der Waals surface area contributed by atoms with Gasteiger partial charge in [0.25, 0.3) is 0 Å². The van der Waals surface area contributed by atoms with E-state index >= 15 is 0 Å². The Kier molecular flexibility index (Phi) is 4.14. The van der Waals surface area contributed by atoms with Gasteiger partial charge in [-0.1, -0.05) is 6.08 Å². The van der Waals surface area contributed by atoms with Crippen molar-refractivity contribution in [1.29, 1.82) is 0 Å². The van der Waals surface area contributed by atoms with Crippen molar-refractivity contribution in [3.63, 3.8) is 0 Å². The fourth-order valence-corrected chi connectivity index (χ4v) is 2.17. The largest absolute Gasteiger partial charge is 0.345 e. The molecule has 18 heavy (non-hydrogen) atoms. The first kappa shape index (κ1) is 13.6. The molecule has 1 aliphatic heterocycles. The van der Waals surface area contributed by atoms with E-state index in [1.807, 2.05) is 0 Å². The molecule has 5 heteroatoms. The van der Waals surface area contributed by atoms with Crippen LogP contribution in [0.3, 0.4) is 0 Å². The van der Waals surface area contributed by atoms with Crippen molar-refractivity contribution in [3.05, 3.63) is 46.5 Å². The van der Waals surface area contributed by atoms with E-state index in [9.17, 15) is 8.78 Å². The molecule has 0 atom stereocenters. The second-order valence-electron chi connectivity index (χ2n) is 4.05. The van der Waals surface area contributed by atoms with Gasteiger partial charge in [-0.05, 0) is 34.5 Å². The highest BCUT2D eigenvalue weighted by atomic mass is 79.9. The van der Waals surface area contributed by atoms with Gasteiger partial charge >= 0.3 is 0 Å². The highest BCUT2D eigenvalue weighted by molar-refractivity contribution is 9.10. The third-order valence-corrected chi connectivity index (χ3v) is 3.55. The lowest BCUT2D eigenvalue weighted by atomic mass is 10.0. The van der Waals surface area contributed by atoms with Crippen molar-refractivity contribution in [2.24, 2.45) is 0 Å². The highest BCUT2D eigenvalue weighted by Crippen LogP contribution is 2.36. The van der Waals surface area contributed by atoms with Crippen molar-refractivity contribution in [3.8, 4) is 0 Å². The van der Waals surface area contributed by atoms with Crippen LogP contribution in [0.25, 0.3) is 0 Å². The molecule has 0 unspecified atom stereocenters. The molecule has 1 aliphatic rings. The summed E-state index contributed by atoms with van der Waals surface area (Å²) in [4.78, 5) is 0. The zero-order valence-electron chi connectivity index (χ0n) is 9.72. The summed E-state index contributed by atoms with van der Waals surface area (Å²) in [5.41, 5.74) is 0.334. The Morgan fingerprint density at radius 2 is 1.83 bits per heavy atom. The Balaban J connectivity index is 2.45. The van der Waals surface area contributed by atoms with Crippen LogP contribution >= 0.6 is 15.9 Å². The second kappa shape index (κ2) is 5.47. The Morgan fingerprint density at radius 3 is 2.33 bits per heavy atom. The zero-order valence-corrected chi connectivity index (χ0v) is 11.3. The Morgan fingerprint density at radius 1 is 1.28 bits per heavy atom. The molecule has 0 saturated carbocycles. The van der Waals surface area contributed by atoms with Crippen LogP contribution in [0.5, 0.6) is 0 Å². The maximum atomic E-state index is 13.6. The first-order chi connectivity index (χ1) is 8.59. The molecule has 0 spiro atoms. The topological polar surface area (TPSA) is 18.5 Å². The molecule has 2 nitrogen and oxygen atoms in total. The van der Waals surface area contributed by atoms with Crippen LogP contribution in [0.15, 0.2) is 29.3 Å². The standard InChI is InChI=1S/C13H13BrF2O2/c1-2-4-13(17-5-3-6-18-13)9-7-10(15)12(14)11(16)8-9/h2,7-8H,1,3-6H2. The summed E-state index contributed by atoms with van der Waals surface area (Å²) in [5, 5.41) is 0. The predicted molar refractivity (Wildman–Crippen MR) is 67.1 cm³/mol. The molecule has 0 bridgehead atoms. The summed E-state index contributed by atoms with van der Waals surface area (Å²) < 4.78 is 38.2. The maximum absolute atomic E-state index is 13.6. The minimum absolute atomic E-state index is 0.184. The number of benzene rings is 1. The SMILES string of the molecule is C=CCC1(c2cc(F)c(Br)c(F)c2)OCCCO1. The quantitative estimate of drug-likeness (QED) is 0.621. The van der Waals surface area contributed by atoms with E-state index in [2.05, 4.69) is 22.5 Å². The van der Waals surface area contributed by atoms with Gasteiger partial charge < -0.3 is 9.47 Å². The van der Waals surface area contributed by atoms with Gasteiger partial charge in [0.05, 0.1) is 17.7 Å². The van der Waals surface area contributed by atoms with Crippen LogP contribution in [-0.2, 0) is 15.3 Å². The number of halogens is 3. The molecule has 1 aromatic rings. The van der Waals surface area contributed by atoms with Crippen molar-refractivity contribution in [1.82, 2.24) is 0 Å². The lowest BCUT2D eigenvalue weighted by molar-refractivity contribution is -0.274. The normalized spacial score (nSPS) is 18.6. The molecule has 0 aromatic heterocycles. The molecule has 0 amide bonds. The molecular weight excluding hydrogens is 306 g/mol. The van der Waals surface area contributed by atoms with Crippen molar-refractivity contribution >= 4 is 15.9 Å². The first-order valence-corrected chi connectivity index (χ1v) is 6.42. The number of hydrogen-bond donors (Lipinski definition) is 0. The third kappa shape index (κ3) is 2.48. The van der Waals surface area contributed by atoms with E-state index in [1.165, 1.54) is 12.1 Å². The van der Waals surface area contributed by atoms with Crippen molar-refractivity contribution in [2.75, 3.05) is 13.2 Å². The second-order valence-corrected chi connectivity index (χ2v) is 4.84. The van der Waals surface area contributed by atoms with Gasteiger partial charge in [0.1, 0.15) is 11.6 Å². The van der Waals surface area contributed by atoms with Gasteiger partial charge in [-0.3, -0.25) is 0 Å². The molecule has 0 N–H and O–H groups in total. The smallest absolute Gasteiger partial charge is 0.198 e. The van der Waals surface area contributed by atoms with E-state index in [1.54, 1.807) is 6.08 Å². The number of hydrogen-bond acceptors (Lipinski definition) is 2. The third-order valence-electron chi connectivity index (χ3n) is 2.80. The summed E-state index contributed by atoms with van der Waals surface area (Å²) in [6, 6.07) is 2.45. The minimum atomic E-state index is -1.12. The average molecular weight is 319 g/mol. The zero-order chi connectivity index (χ0) is 13.2. The van der Waals surface area contributed by atoms with Crippen LogP contribution in [-0.4, -0.2) is 13.2 Å². The van der Waals surface area contributed by atoms with E-state index < -0.39 is 17.4 Å². The van der Waals surface area contributed by atoms with Gasteiger partial charge in [0.15, 0.2) is 5.79 Å². The summed E-state index contributed by atoms with van der Waals surface area (Å²) >= 11 is 2.84. The Bertz CT molecular complexity index is 433. The monoisotopic (exact) mass is 318 g/mol. The fraction of sp³-hybridized carbons (Fsp3) is 0.385. The summed E-state index contributed by atoms with van der Waals surface area (Å²) in [5.74, 6) is -2.47. The lowest BCUT2D eigenvalue weighted by Gasteiger charge is -2.37. The van der Waals surface area contributed by atoms with Crippen LogP contribution in [0.1, 0.15) is 18.4 Å². The van der Waals surface area contributed by atoms with Crippen LogP contribution in [0.4, 0.5) is 8.78 Å². The van der Waals surface area contributed by atoms with E-state index in [-0.39, 0.29) is 4.47 Å². The Labute approximate surface area is 113 Å². The fourth-order valence-electron chi connectivity index (χ4n) is 1.94. The average Bonchev–Trinajstić information content (AvgIpc) is 2.37. The summed E-state index contributed by atoms with van der Waals surface area (Å²) in [6.07, 6.45) is 2.72. The molecule has 1 saturated heterocycles. The van der Waals surface area contributed by atoms with Gasteiger partial charge in [-0.25, -0.2) is 8.78 Å². The Hall–Kier alpha value is -0.780. The van der Waals surface area contributed by atoms with E-state index in [0.29, 0.717) is 25.2 Å². The van der Waals surface area contributed by atoms with E-state index in [0.717, 1.165) is 6.42 Å². The first-order valence-electron chi connectivity index (χ1n) is 5.63. The molecule has 98 valence electrons. The summed E-state index contributed by atoms with van der Waals surface area (Å²) in [7, 11) is 0. The summed E-state index contributed by atoms with van der Waals surface area (Å²) in [6.45, 7) is 4.62. The van der Waals surface area contributed by atoms with Crippen LogP contribution in [0.2, 0.25) is 0 Å². The van der Waals surface area contributed by atoms with E-state index in [4.69, 9.17) is 9.47 Å². The molecule has 2 rings (SSSR count). The molecule has 0 aliphatic carbocycles. The maximum Gasteiger partial charge on any atom is 0.198 e. The van der Waals surface area contributed by atoms with Gasteiger partial charge in [0.2, 0.25) is 0 Å². The van der Waals surface area contributed by atoms with Gasteiger partial charge in [-0.2, -0.15) is 0 Å². The molecular formula is C13H13BrF2O2. The highest BCUT2D eigenvalue weighted by Gasteiger charge is 2.36. The molecule has 0 radical (unpaired) electrons. The van der Waals surface area contributed by atoms with Crippen molar-refractivity contribution in [2.45, 2.75) is 18.6 Å². The number of rotatable bonds is 3. The van der Waals surface area contributed by atoms with Crippen LogP contribution < -0.4 is 0 Å². The van der Waals surface area contributed by atoms with Gasteiger partial charge in [0, 0.05) is 12.0 Å². The molecule has 1 aromatic carbocycles. The lowest BCUT2D eigenvalue weighted by Crippen LogP contribution is -2.37. The van der Waals surface area contributed by atoms with Gasteiger partial charge in [-0.15, -0.1) is 6.58 Å². The van der Waals surface area contributed by atoms with Crippen molar-refractivity contribution < 1.29 is 18.3 Å². The van der Waals surface area contributed by atoms with Crippen LogP contribution in [0, 0.1) is 11.6 Å². The molecule has 1 fully saturated rings.